The van der Waals surface area contributed by atoms with Crippen molar-refractivity contribution in [3.63, 3.8) is 0 Å². The van der Waals surface area contributed by atoms with Gasteiger partial charge in [-0.05, 0) is 49.2 Å². The Balaban J connectivity index is 1.51. The molecule has 0 amide bonds. The topological polar surface area (TPSA) is 52.4 Å². The van der Waals surface area contributed by atoms with E-state index in [1.54, 1.807) is 23.9 Å². The minimum atomic E-state index is -2.89. The van der Waals surface area contributed by atoms with Crippen LogP contribution >= 0.6 is 11.8 Å². The van der Waals surface area contributed by atoms with Crippen molar-refractivity contribution in [1.82, 2.24) is 19.7 Å². The van der Waals surface area contributed by atoms with Crippen LogP contribution in [-0.2, 0) is 18.8 Å². The zero-order valence-corrected chi connectivity index (χ0v) is 19.4. The summed E-state index contributed by atoms with van der Waals surface area (Å²) in [5.74, 6) is 1.87. The first-order valence-corrected chi connectivity index (χ1v) is 12.0. The van der Waals surface area contributed by atoms with Gasteiger partial charge in [0, 0.05) is 5.75 Å². The molecule has 9 heteroatoms. The highest BCUT2D eigenvalue weighted by Gasteiger charge is 2.18. The lowest BCUT2D eigenvalue weighted by Gasteiger charge is -2.26. The Kier molecular flexibility index (Phi) is 8.17. The molecule has 0 unspecified atom stereocenters. The number of aromatic nitrogens is 3. The van der Waals surface area contributed by atoms with Crippen LogP contribution in [0.3, 0.4) is 0 Å². The molecule has 1 aromatic heterocycles. The normalized spacial score (nSPS) is 14.5. The zero-order chi connectivity index (χ0) is 23.0. The monoisotopic (exact) mass is 474 g/mol. The molecular weight excluding hydrogens is 446 g/mol. The molecule has 0 radical (unpaired) electrons. The molecule has 1 fully saturated rings. The van der Waals surface area contributed by atoms with Crippen molar-refractivity contribution in [3.8, 4) is 11.5 Å². The van der Waals surface area contributed by atoms with Crippen LogP contribution in [0.2, 0.25) is 0 Å². The number of hydrogen-bond donors (Lipinski definition) is 0. The van der Waals surface area contributed by atoms with E-state index in [2.05, 4.69) is 36.5 Å². The molecule has 1 saturated heterocycles. The van der Waals surface area contributed by atoms with Crippen LogP contribution in [0.1, 0.15) is 36.2 Å². The summed E-state index contributed by atoms with van der Waals surface area (Å²) in [6.07, 6.45) is 3.74. The number of benzene rings is 2. The zero-order valence-electron chi connectivity index (χ0n) is 18.6. The van der Waals surface area contributed by atoms with Gasteiger partial charge in [-0.2, -0.15) is 8.78 Å². The summed E-state index contributed by atoms with van der Waals surface area (Å²) in [7, 11) is 1.44. The summed E-state index contributed by atoms with van der Waals surface area (Å²) >= 11 is 1.57. The van der Waals surface area contributed by atoms with Crippen molar-refractivity contribution < 1.29 is 18.3 Å². The Bertz CT molecular complexity index is 1030. The lowest BCUT2D eigenvalue weighted by Crippen LogP contribution is -2.30. The maximum absolute atomic E-state index is 12.6. The Labute approximate surface area is 196 Å². The number of halogens is 2. The summed E-state index contributed by atoms with van der Waals surface area (Å²) in [5, 5.41) is 9.84. The first kappa shape index (κ1) is 23.5. The van der Waals surface area contributed by atoms with E-state index in [0.29, 0.717) is 12.3 Å². The maximum Gasteiger partial charge on any atom is 0.387 e. The van der Waals surface area contributed by atoms with Gasteiger partial charge in [0.25, 0.3) is 0 Å². The average molecular weight is 475 g/mol. The predicted molar refractivity (Wildman–Crippen MR) is 124 cm³/mol. The number of hydrogen-bond acceptors (Lipinski definition) is 6. The number of methoxy groups -OCH3 is 1. The number of alkyl halides is 2. The molecule has 0 atom stereocenters. The van der Waals surface area contributed by atoms with Gasteiger partial charge >= 0.3 is 6.61 Å². The van der Waals surface area contributed by atoms with E-state index in [9.17, 15) is 8.78 Å². The number of nitrogens with zero attached hydrogens (tertiary/aromatic N) is 4. The quantitative estimate of drug-likeness (QED) is 0.376. The molecule has 176 valence electrons. The lowest BCUT2D eigenvalue weighted by atomic mass is 10.1. The molecule has 2 aromatic carbocycles. The highest BCUT2D eigenvalue weighted by molar-refractivity contribution is 7.98. The van der Waals surface area contributed by atoms with E-state index in [1.807, 2.05) is 18.2 Å². The van der Waals surface area contributed by atoms with E-state index in [1.165, 1.54) is 38.0 Å². The molecular formula is C24H28F2N4O2S. The van der Waals surface area contributed by atoms with Crippen LogP contribution in [-0.4, -0.2) is 46.5 Å². The molecule has 6 nitrogen and oxygen atoms in total. The molecule has 2 heterocycles. The van der Waals surface area contributed by atoms with Crippen LogP contribution < -0.4 is 9.47 Å². The maximum atomic E-state index is 12.6. The molecule has 0 N–H and O–H groups in total. The largest absolute Gasteiger partial charge is 0.493 e. The smallest absolute Gasteiger partial charge is 0.387 e. The van der Waals surface area contributed by atoms with E-state index in [4.69, 9.17) is 4.74 Å². The number of likely N-dealkylation sites (tertiary alicyclic amines) is 1. The van der Waals surface area contributed by atoms with Crippen LogP contribution in [0.15, 0.2) is 53.7 Å². The van der Waals surface area contributed by atoms with Gasteiger partial charge in [0.05, 0.1) is 20.2 Å². The van der Waals surface area contributed by atoms with Crippen molar-refractivity contribution >= 4 is 11.8 Å². The minimum Gasteiger partial charge on any atom is -0.493 e. The summed E-state index contributed by atoms with van der Waals surface area (Å²) in [6, 6.07) is 15.3. The van der Waals surface area contributed by atoms with Crippen molar-refractivity contribution in [2.75, 3.05) is 20.2 Å². The molecule has 1 aliphatic rings. The second kappa shape index (κ2) is 11.5. The Morgan fingerprint density at radius 1 is 0.939 bits per heavy atom. The fourth-order valence-corrected chi connectivity index (χ4v) is 4.83. The van der Waals surface area contributed by atoms with Gasteiger partial charge in [0.15, 0.2) is 16.7 Å². The molecule has 0 bridgehead atoms. The minimum absolute atomic E-state index is 0.0253. The highest BCUT2D eigenvalue weighted by atomic mass is 32.2. The second-order valence-corrected chi connectivity index (χ2v) is 8.90. The van der Waals surface area contributed by atoms with Gasteiger partial charge in [-0.25, -0.2) is 0 Å². The molecule has 1 aliphatic heterocycles. The number of ether oxygens (including phenoxy) is 2. The predicted octanol–water partition coefficient (Wildman–Crippen LogP) is 5.21. The van der Waals surface area contributed by atoms with E-state index >= 15 is 0 Å². The summed E-state index contributed by atoms with van der Waals surface area (Å²) in [6.45, 7) is 0.771. The van der Waals surface area contributed by atoms with Gasteiger partial charge in [-0.1, -0.05) is 54.6 Å². The van der Waals surface area contributed by atoms with Gasteiger partial charge < -0.3 is 14.0 Å². The molecule has 0 aliphatic carbocycles. The number of rotatable bonds is 10. The lowest BCUT2D eigenvalue weighted by molar-refractivity contribution is -0.0512. The van der Waals surface area contributed by atoms with E-state index in [0.717, 1.165) is 36.2 Å². The summed E-state index contributed by atoms with van der Waals surface area (Å²) in [4.78, 5) is 2.44. The second-order valence-electron chi connectivity index (χ2n) is 7.96. The summed E-state index contributed by atoms with van der Waals surface area (Å²) in [5.41, 5.74) is 2.11. The SMILES string of the molecule is COc1cc(CSc2nnc(CN3CCCCC3)n2Cc2ccccc2)ccc1OC(F)F. The first-order valence-electron chi connectivity index (χ1n) is 11.1. The van der Waals surface area contributed by atoms with Crippen molar-refractivity contribution in [1.29, 1.82) is 0 Å². The average Bonchev–Trinajstić information content (AvgIpc) is 3.20. The fourth-order valence-electron chi connectivity index (χ4n) is 3.93. The third-order valence-corrected chi connectivity index (χ3v) is 6.64. The van der Waals surface area contributed by atoms with E-state index < -0.39 is 6.61 Å². The van der Waals surface area contributed by atoms with Gasteiger partial charge in [0.1, 0.15) is 5.82 Å². The van der Waals surface area contributed by atoms with Gasteiger partial charge in [-0.15, -0.1) is 10.2 Å². The van der Waals surface area contributed by atoms with Crippen LogP contribution in [0.5, 0.6) is 11.5 Å². The molecule has 0 spiro atoms. The van der Waals surface area contributed by atoms with Crippen molar-refractivity contribution in [2.24, 2.45) is 0 Å². The third kappa shape index (κ3) is 6.45. The van der Waals surface area contributed by atoms with Crippen LogP contribution in [0, 0.1) is 0 Å². The first-order chi connectivity index (χ1) is 16.1. The number of thioether (sulfide) groups is 1. The molecule has 0 saturated carbocycles. The standard InChI is InChI=1S/C24H28F2N4O2S/c1-31-21-14-19(10-11-20(21)32-23(25)26)17-33-24-28-27-22(16-29-12-6-3-7-13-29)30(24)15-18-8-4-2-5-9-18/h2,4-5,8-11,14,23H,3,6-7,12-13,15-17H2,1H3. The number of piperidine rings is 1. The van der Waals surface area contributed by atoms with Gasteiger partial charge in [-0.3, -0.25) is 4.90 Å². The van der Waals surface area contributed by atoms with Crippen LogP contribution in [0.4, 0.5) is 8.78 Å². The molecule has 33 heavy (non-hydrogen) atoms. The third-order valence-electron chi connectivity index (χ3n) is 5.60. The van der Waals surface area contributed by atoms with Crippen molar-refractivity contribution in [2.45, 2.75) is 49.9 Å². The molecule has 3 aromatic rings. The summed E-state index contributed by atoms with van der Waals surface area (Å²) < 4.78 is 37.1. The Morgan fingerprint density at radius 2 is 1.73 bits per heavy atom. The molecule has 4 rings (SSSR count). The Hall–Kier alpha value is -2.65. The Morgan fingerprint density at radius 3 is 2.45 bits per heavy atom. The fraction of sp³-hybridized carbons (Fsp3) is 0.417. The van der Waals surface area contributed by atoms with Crippen molar-refractivity contribution in [3.05, 3.63) is 65.5 Å². The van der Waals surface area contributed by atoms with E-state index in [-0.39, 0.29) is 11.5 Å². The highest BCUT2D eigenvalue weighted by Crippen LogP contribution is 2.32. The van der Waals surface area contributed by atoms with Gasteiger partial charge in [0.2, 0.25) is 0 Å². The van der Waals surface area contributed by atoms with Crippen LogP contribution in [0.25, 0.3) is 0 Å².